The van der Waals surface area contributed by atoms with Gasteiger partial charge in [-0.25, -0.2) is 9.78 Å². The van der Waals surface area contributed by atoms with Gasteiger partial charge in [0.05, 0.1) is 0 Å². The van der Waals surface area contributed by atoms with Gasteiger partial charge in [-0.3, -0.25) is 0 Å². The summed E-state index contributed by atoms with van der Waals surface area (Å²) in [6.07, 6.45) is 1.45. The van der Waals surface area contributed by atoms with Crippen LogP contribution in [0.5, 0.6) is 0 Å². The van der Waals surface area contributed by atoms with E-state index >= 15 is 0 Å². The van der Waals surface area contributed by atoms with Crippen molar-refractivity contribution in [1.82, 2.24) is 9.88 Å². The van der Waals surface area contributed by atoms with Crippen molar-refractivity contribution in [2.24, 2.45) is 0 Å². The predicted molar refractivity (Wildman–Crippen MR) is 69.2 cm³/mol. The molecule has 18 heavy (non-hydrogen) atoms. The number of rotatable bonds is 1. The van der Waals surface area contributed by atoms with Crippen molar-refractivity contribution in [3.8, 4) is 0 Å². The summed E-state index contributed by atoms with van der Waals surface area (Å²) in [6, 6.07) is 3.80. The number of hydrogen-bond donors (Lipinski definition) is 1. The molecule has 2 rings (SSSR count). The van der Waals surface area contributed by atoms with E-state index in [0.717, 1.165) is 5.56 Å². The summed E-state index contributed by atoms with van der Waals surface area (Å²) in [7, 11) is 0. The van der Waals surface area contributed by atoms with E-state index in [-0.39, 0.29) is 6.09 Å². The molecule has 5 nitrogen and oxygen atoms in total. The minimum atomic E-state index is -0.441. The molecule has 2 heterocycles. The Morgan fingerprint density at radius 3 is 2.72 bits per heavy atom. The molecule has 0 unspecified atom stereocenters. The van der Waals surface area contributed by atoms with E-state index in [2.05, 4.69) is 4.98 Å². The summed E-state index contributed by atoms with van der Waals surface area (Å²) in [6.45, 7) is 6.96. The highest BCUT2D eigenvalue weighted by Gasteiger charge is 2.34. The lowest BCUT2D eigenvalue weighted by atomic mass is 9.92. The highest BCUT2D eigenvalue weighted by atomic mass is 16.6. The van der Waals surface area contributed by atoms with Gasteiger partial charge in [-0.2, -0.15) is 0 Å². The molecule has 0 spiro atoms. The van der Waals surface area contributed by atoms with Crippen LogP contribution in [0.15, 0.2) is 18.3 Å². The molecule has 0 saturated carbocycles. The van der Waals surface area contributed by atoms with Gasteiger partial charge in [-0.1, -0.05) is 0 Å². The van der Waals surface area contributed by atoms with Gasteiger partial charge in [0.25, 0.3) is 0 Å². The second-order valence-electron chi connectivity index (χ2n) is 5.60. The highest BCUT2D eigenvalue weighted by molar-refractivity contribution is 5.69. The molecule has 0 radical (unpaired) electrons. The van der Waals surface area contributed by atoms with Crippen LogP contribution in [0.2, 0.25) is 0 Å². The van der Waals surface area contributed by atoms with Gasteiger partial charge in [0.1, 0.15) is 11.4 Å². The van der Waals surface area contributed by atoms with E-state index in [9.17, 15) is 4.79 Å². The van der Waals surface area contributed by atoms with Gasteiger partial charge < -0.3 is 15.4 Å². The van der Waals surface area contributed by atoms with E-state index in [4.69, 9.17) is 10.5 Å². The van der Waals surface area contributed by atoms with E-state index in [1.165, 1.54) is 0 Å². The fourth-order valence-corrected chi connectivity index (χ4v) is 1.88. The zero-order valence-electron chi connectivity index (χ0n) is 11.0. The summed E-state index contributed by atoms with van der Waals surface area (Å²) in [5.41, 5.74) is 6.32. The summed E-state index contributed by atoms with van der Waals surface area (Å²) < 4.78 is 5.30. The number of amides is 1. The maximum absolute atomic E-state index is 11.8. The van der Waals surface area contributed by atoms with Crippen LogP contribution < -0.4 is 5.73 Å². The van der Waals surface area contributed by atoms with E-state index in [0.29, 0.717) is 24.8 Å². The fourth-order valence-electron chi connectivity index (χ4n) is 1.88. The molecule has 1 aromatic heterocycles. The number of carbonyl (C=O) groups is 1. The quantitative estimate of drug-likeness (QED) is 0.826. The third kappa shape index (κ3) is 2.91. The van der Waals surface area contributed by atoms with Crippen LogP contribution in [0.25, 0.3) is 0 Å². The monoisotopic (exact) mass is 249 g/mol. The highest BCUT2D eigenvalue weighted by Crippen LogP contribution is 2.28. The second-order valence-corrected chi connectivity index (χ2v) is 5.60. The first-order chi connectivity index (χ1) is 8.35. The fraction of sp³-hybridized carbons (Fsp3) is 0.538. The largest absolute Gasteiger partial charge is 0.444 e. The van der Waals surface area contributed by atoms with Crippen molar-refractivity contribution in [1.29, 1.82) is 0 Å². The van der Waals surface area contributed by atoms with Crippen molar-refractivity contribution in [2.45, 2.75) is 32.3 Å². The number of carbonyl (C=O) groups excluding carboxylic acids is 1. The SMILES string of the molecule is CC(C)(C)OC(=O)N1CC(c2ccnc(N)c2)C1. The maximum atomic E-state index is 11.8. The van der Waals surface area contributed by atoms with Crippen LogP contribution in [-0.4, -0.2) is 34.7 Å². The summed E-state index contributed by atoms with van der Waals surface area (Å²) in [5.74, 6) is 0.853. The van der Waals surface area contributed by atoms with Crippen molar-refractivity contribution in [2.75, 3.05) is 18.8 Å². The normalized spacial score (nSPS) is 16.3. The Morgan fingerprint density at radius 1 is 1.50 bits per heavy atom. The number of ether oxygens (including phenoxy) is 1. The minimum absolute atomic E-state index is 0.249. The average molecular weight is 249 g/mol. The molecular formula is C13H19N3O2. The smallest absolute Gasteiger partial charge is 0.410 e. The lowest BCUT2D eigenvalue weighted by Gasteiger charge is -2.40. The standard InChI is InChI=1S/C13H19N3O2/c1-13(2,3)18-12(17)16-7-10(8-16)9-4-5-15-11(14)6-9/h4-6,10H,7-8H2,1-3H3,(H2,14,15). The molecule has 0 bridgehead atoms. The van der Waals surface area contributed by atoms with Crippen molar-refractivity contribution >= 4 is 11.9 Å². The molecule has 1 aliphatic rings. The Bertz CT molecular complexity index is 448. The molecule has 0 atom stereocenters. The van der Waals surface area contributed by atoms with Crippen LogP contribution in [-0.2, 0) is 4.74 Å². The van der Waals surface area contributed by atoms with Crippen molar-refractivity contribution in [3.63, 3.8) is 0 Å². The van der Waals surface area contributed by atoms with Crippen LogP contribution in [0.4, 0.5) is 10.6 Å². The number of aromatic nitrogens is 1. The molecule has 1 fully saturated rings. The minimum Gasteiger partial charge on any atom is -0.444 e. The Morgan fingerprint density at radius 2 is 2.17 bits per heavy atom. The van der Waals surface area contributed by atoms with Gasteiger partial charge in [-0.05, 0) is 38.5 Å². The summed E-state index contributed by atoms with van der Waals surface area (Å²) >= 11 is 0. The number of nitrogen functional groups attached to an aromatic ring is 1. The molecule has 2 N–H and O–H groups in total. The Balaban J connectivity index is 1.89. The predicted octanol–water partition coefficient (Wildman–Crippen LogP) is 2.00. The Kier molecular flexibility index (Phi) is 3.15. The zero-order valence-corrected chi connectivity index (χ0v) is 11.0. The van der Waals surface area contributed by atoms with Crippen LogP contribution in [0.3, 0.4) is 0 Å². The second kappa shape index (κ2) is 4.48. The van der Waals surface area contributed by atoms with Crippen molar-refractivity contribution < 1.29 is 9.53 Å². The zero-order chi connectivity index (χ0) is 13.3. The molecule has 1 saturated heterocycles. The summed E-state index contributed by atoms with van der Waals surface area (Å²) in [5, 5.41) is 0. The number of nitrogens with zero attached hydrogens (tertiary/aromatic N) is 2. The Hall–Kier alpha value is -1.78. The number of pyridine rings is 1. The Labute approximate surface area is 107 Å². The van der Waals surface area contributed by atoms with E-state index < -0.39 is 5.60 Å². The lowest BCUT2D eigenvalue weighted by Crippen LogP contribution is -2.50. The number of hydrogen-bond acceptors (Lipinski definition) is 4. The molecule has 0 aliphatic carbocycles. The molecular weight excluding hydrogens is 230 g/mol. The topological polar surface area (TPSA) is 68.5 Å². The van der Waals surface area contributed by atoms with Gasteiger partial charge in [-0.15, -0.1) is 0 Å². The van der Waals surface area contributed by atoms with Gasteiger partial charge in [0, 0.05) is 25.2 Å². The van der Waals surface area contributed by atoms with Gasteiger partial charge >= 0.3 is 6.09 Å². The molecule has 5 heteroatoms. The van der Waals surface area contributed by atoms with Gasteiger partial charge in [0.15, 0.2) is 0 Å². The average Bonchev–Trinajstić information content (AvgIpc) is 2.11. The maximum Gasteiger partial charge on any atom is 0.410 e. The number of likely N-dealkylation sites (tertiary alicyclic amines) is 1. The number of nitrogens with two attached hydrogens (primary N) is 1. The van der Waals surface area contributed by atoms with Crippen LogP contribution in [0.1, 0.15) is 32.3 Å². The molecule has 1 aliphatic heterocycles. The van der Waals surface area contributed by atoms with Gasteiger partial charge in [0.2, 0.25) is 0 Å². The van der Waals surface area contributed by atoms with Crippen LogP contribution >= 0.6 is 0 Å². The molecule has 0 aromatic carbocycles. The van der Waals surface area contributed by atoms with E-state index in [1.807, 2.05) is 32.9 Å². The molecule has 1 amide bonds. The first-order valence-electron chi connectivity index (χ1n) is 6.04. The van der Waals surface area contributed by atoms with Crippen LogP contribution in [0, 0.1) is 0 Å². The first kappa shape index (κ1) is 12.7. The van der Waals surface area contributed by atoms with Crippen molar-refractivity contribution in [3.05, 3.63) is 23.9 Å². The third-order valence-electron chi connectivity index (χ3n) is 2.81. The third-order valence-corrected chi connectivity index (χ3v) is 2.81. The summed E-state index contributed by atoms with van der Waals surface area (Å²) in [4.78, 5) is 17.4. The molecule has 1 aromatic rings. The number of anilines is 1. The lowest BCUT2D eigenvalue weighted by molar-refractivity contribution is 0.00820. The van der Waals surface area contributed by atoms with E-state index in [1.54, 1.807) is 11.1 Å². The molecule has 98 valence electrons. The first-order valence-corrected chi connectivity index (χ1v) is 6.04.